The van der Waals surface area contributed by atoms with E-state index in [-0.39, 0.29) is 23.1 Å². The molecule has 0 aliphatic heterocycles. The number of aromatic amines is 1. The molecule has 0 aliphatic rings. The van der Waals surface area contributed by atoms with E-state index in [1.807, 2.05) is 31.5 Å². The summed E-state index contributed by atoms with van der Waals surface area (Å²) in [6.07, 6.45) is 0. The molecule has 1 amide bonds. The molecule has 21 heavy (non-hydrogen) atoms. The van der Waals surface area contributed by atoms with E-state index in [9.17, 15) is 9.59 Å². The first-order chi connectivity index (χ1) is 9.95. The molecule has 0 radical (unpaired) electrons. The zero-order valence-electron chi connectivity index (χ0n) is 12.4. The van der Waals surface area contributed by atoms with Gasteiger partial charge in [0.15, 0.2) is 0 Å². The zero-order chi connectivity index (χ0) is 15.4. The van der Waals surface area contributed by atoms with Crippen LogP contribution in [-0.2, 0) is 6.54 Å². The Kier molecular flexibility index (Phi) is 4.52. The Labute approximate surface area is 122 Å². The van der Waals surface area contributed by atoms with Gasteiger partial charge < -0.3 is 5.32 Å². The highest BCUT2D eigenvalue weighted by atomic mass is 16.2. The molecule has 2 rings (SSSR count). The van der Waals surface area contributed by atoms with Gasteiger partial charge in [-0.3, -0.25) is 14.3 Å². The average molecular weight is 289 g/mol. The largest absolute Gasteiger partial charge is 0.350 e. The quantitative estimate of drug-likeness (QED) is 0.845. The lowest BCUT2D eigenvalue weighted by Gasteiger charge is -2.13. The van der Waals surface area contributed by atoms with Crippen LogP contribution in [0, 0.1) is 19.8 Å². The molecule has 112 valence electrons. The van der Waals surface area contributed by atoms with Gasteiger partial charge >= 0.3 is 0 Å². The highest BCUT2D eigenvalue weighted by Gasteiger charge is 2.11. The molecular formula is C14H19N5O2. The van der Waals surface area contributed by atoms with Crippen molar-refractivity contribution < 1.29 is 4.79 Å². The lowest BCUT2D eigenvalue weighted by Crippen LogP contribution is -2.31. The van der Waals surface area contributed by atoms with Crippen LogP contribution in [0.4, 0.5) is 0 Å². The van der Waals surface area contributed by atoms with Crippen LogP contribution in [-0.4, -0.2) is 32.4 Å². The highest BCUT2D eigenvalue weighted by Crippen LogP contribution is 2.06. The molecule has 0 spiro atoms. The number of carbonyl (C=O) groups excluding carboxylic acids is 1. The Morgan fingerprint density at radius 3 is 2.76 bits per heavy atom. The number of aromatic nitrogens is 4. The van der Waals surface area contributed by atoms with Crippen LogP contribution in [0.15, 0.2) is 23.0 Å². The highest BCUT2D eigenvalue weighted by molar-refractivity contribution is 5.91. The van der Waals surface area contributed by atoms with Crippen LogP contribution >= 0.6 is 0 Å². The van der Waals surface area contributed by atoms with Crippen molar-refractivity contribution in [3.8, 4) is 0 Å². The van der Waals surface area contributed by atoms with Gasteiger partial charge in [-0.1, -0.05) is 6.92 Å². The third kappa shape index (κ3) is 4.01. The topological polar surface area (TPSA) is 92.7 Å². The molecule has 1 unspecified atom stereocenters. The zero-order valence-corrected chi connectivity index (χ0v) is 12.4. The maximum atomic E-state index is 11.9. The van der Waals surface area contributed by atoms with E-state index in [1.165, 1.54) is 12.1 Å². The number of hydrogen-bond acceptors (Lipinski definition) is 4. The summed E-state index contributed by atoms with van der Waals surface area (Å²) in [7, 11) is 0. The van der Waals surface area contributed by atoms with Crippen molar-refractivity contribution in [2.75, 3.05) is 6.54 Å². The molecule has 2 N–H and O–H groups in total. The number of hydrogen-bond donors (Lipinski definition) is 2. The van der Waals surface area contributed by atoms with Gasteiger partial charge in [0.25, 0.3) is 11.5 Å². The molecule has 2 heterocycles. The van der Waals surface area contributed by atoms with E-state index in [4.69, 9.17) is 0 Å². The maximum absolute atomic E-state index is 11.9. The first kappa shape index (κ1) is 15.0. The van der Waals surface area contributed by atoms with E-state index in [1.54, 1.807) is 0 Å². The summed E-state index contributed by atoms with van der Waals surface area (Å²) in [4.78, 5) is 22.8. The minimum Gasteiger partial charge on any atom is -0.350 e. The number of nitrogens with zero attached hydrogens (tertiary/aromatic N) is 3. The fourth-order valence-corrected chi connectivity index (χ4v) is 2.05. The van der Waals surface area contributed by atoms with Crippen LogP contribution in [0.25, 0.3) is 0 Å². The van der Waals surface area contributed by atoms with Crippen molar-refractivity contribution in [1.82, 2.24) is 25.3 Å². The van der Waals surface area contributed by atoms with Gasteiger partial charge in [-0.25, -0.2) is 5.10 Å². The normalized spacial score (nSPS) is 12.1. The van der Waals surface area contributed by atoms with Crippen LogP contribution in [0.3, 0.4) is 0 Å². The van der Waals surface area contributed by atoms with Gasteiger partial charge in [0.05, 0.1) is 5.69 Å². The van der Waals surface area contributed by atoms with Crippen molar-refractivity contribution in [1.29, 1.82) is 0 Å². The van der Waals surface area contributed by atoms with Crippen molar-refractivity contribution >= 4 is 5.91 Å². The molecule has 0 aromatic carbocycles. The summed E-state index contributed by atoms with van der Waals surface area (Å²) < 4.78 is 1.93. The summed E-state index contributed by atoms with van der Waals surface area (Å²) in [5.41, 5.74) is 1.96. The van der Waals surface area contributed by atoms with Crippen molar-refractivity contribution in [2.45, 2.75) is 27.3 Å². The molecule has 7 nitrogen and oxygen atoms in total. The predicted molar refractivity (Wildman–Crippen MR) is 78.1 cm³/mol. The molecule has 2 aromatic heterocycles. The summed E-state index contributed by atoms with van der Waals surface area (Å²) in [6.45, 7) is 7.25. The van der Waals surface area contributed by atoms with Crippen LogP contribution in [0.5, 0.6) is 0 Å². The lowest BCUT2D eigenvalue weighted by molar-refractivity contribution is 0.0940. The van der Waals surface area contributed by atoms with Crippen LogP contribution in [0.2, 0.25) is 0 Å². The van der Waals surface area contributed by atoms with Crippen molar-refractivity contribution in [3.05, 3.63) is 45.6 Å². The van der Waals surface area contributed by atoms with E-state index in [0.717, 1.165) is 17.9 Å². The SMILES string of the molecule is Cc1cc(C)n(CC(C)CNC(=O)c2ccc(=O)[nH]n2)n1. The first-order valence-corrected chi connectivity index (χ1v) is 6.80. The Bertz CT molecular complexity index is 668. The average Bonchev–Trinajstić information content (AvgIpc) is 2.75. The second-order valence-electron chi connectivity index (χ2n) is 5.23. The fourth-order valence-electron chi connectivity index (χ4n) is 2.05. The van der Waals surface area contributed by atoms with Crippen LogP contribution < -0.4 is 10.9 Å². The Balaban J connectivity index is 1.87. The van der Waals surface area contributed by atoms with Crippen molar-refractivity contribution in [3.63, 3.8) is 0 Å². The number of H-pyrrole nitrogens is 1. The molecule has 0 fully saturated rings. The van der Waals surface area contributed by atoms with Gasteiger partial charge in [-0.05, 0) is 31.9 Å². The van der Waals surface area contributed by atoms with Gasteiger partial charge in [0.2, 0.25) is 0 Å². The van der Waals surface area contributed by atoms with Gasteiger partial charge in [-0.15, -0.1) is 0 Å². The Morgan fingerprint density at radius 2 is 2.19 bits per heavy atom. The Morgan fingerprint density at radius 1 is 1.43 bits per heavy atom. The fraction of sp³-hybridized carbons (Fsp3) is 0.429. The molecule has 0 aliphatic carbocycles. The Hall–Kier alpha value is -2.44. The molecule has 2 aromatic rings. The number of rotatable bonds is 5. The standard InChI is InChI=1S/C14H19N5O2/c1-9(8-19-11(3)6-10(2)18-19)7-15-14(21)12-4-5-13(20)17-16-12/h4-6,9H,7-8H2,1-3H3,(H,15,21)(H,17,20). The summed E-state index contributed by atoms with van der Waals surface area (Å²) >= 11 is 0. The molecule has 0 saturated carbocycles. The van der Waals surface area contributed by atoms with E-state index in [0.29, 0.717) is 6.54 Å². The lowest BCUT2D eigenvalue weighted by atomic mass is 10.2. The van der Waals surface area contributed by atoms with Crippen LogP contribution in [0.1, 0.15) is 28.8 Å². The molecule has 0 saturated heterocycles. The smallest absolute Gasteiger partial charge is 0.271 e. The van der Waals surface area contributed by atoms with E-state index >= 15 is 0 Å². The van der Waals surface area contributed by atoms with Gasteiger partial charge in [0, 0.05) is 24.8 Å². The summed E-state index contributed by atoms with van der Waals surface area (Å²) in [6, 6.07) is 4.70. The molecular weight excluding hydrogens is 270 g/mol. The first-order valence-electron chi connectivity index (χ1n) is 6.80. The third-order valence-corrected chi connectivity index (χ3v) is 3.11. The maximum Gasteiger partial charge on any atom is 0.271 e. The van der Waals surface area contributed by atoms with E-state index < -0.39 is 0 Å². The second-order valence-corrected chi connectivity index (χ2v) is 5.23. The minimum atomic E-state index is -0.329. The second kappa shape index (κ2) is 6.34. The van der Waals surface area contributed by atoms with Gasteiger partial charge in [0.1, 0.15) is 5.69 Å². The van der Waals surface area contributed by atoms with E-state index in [2.05, 4.69) is 20.6 Å². The summed E-state index contributed by atoms with van der Waals surface area (Å²) in [5.74, 6) is -0.0684. The summed E-state index contributed by atoms with van der Waals surface area (Å²) in [5, 5.41) is 13.1. The molecule has 7 heteroatoms. The predicted octanol–water partition coefficient (Wildman–Crippen LogP) is 0.649. The van der Waals surface area contributed by atoms with Crippen molar-refractivity contribution in [2.24, 2.45) is 5.92 Å². The molecule has 0 bridgehead atoms. The number of amides is 1. The monoisotopic (exact) mass is 289 g/mol. The molecule has 1 atom stereocenters. The third-order valence-electron chi connectivity index (χ3n) is 3.11. The number of nitrogens with one attached hydrogen (secondary N) is 2. The number of aryl methyl sites for hydroxylation is 2. The number of carbonyl (C=O) groups is 1. The van der Waals surface area contributed by atoms with Gasteiger partial charge in [-0.2, -0.15) is 10.2 Å². The minimum absolute atomic E-state index is 0.202.